The molecule has 0 saturated carbocycles. The van der Waals surface area contributed by atoms with Gasteiger partial charge in [-0.1, -0.05) is 12.1 Å². The molecule has 2 rings (SSSR count). The van der Waals surface area contributed by atoms with Gasteiger partial charge in [0.1, 0.15) is 5.82 Å². The predicted molar refractivity (Wildman–Crippen MR) is 49.2 cm³/mol. The van der Waals surface area contributed by atoms with Crippen molar-refractivity contribution in [3.63, 3.8) is 0 Å². The van der Waals surface area contributed by atoms with Gasteiger partial charge in [0, 0.05) is 12.6 Å². The summed E-state index contributed by atoms with van der Waals surface area (Å²) in [5.74, 6) is -1.06. The number of hydrogen-bond acceptors (Lipinski definition) is 2. The number of halogens is 1. The fraction of sp³-hybridized carbons (Fsp3) is 0.200. The second-order valence-electron chi connectivity index (χ2n) is 3.16. The molecular weight excluding hydrogens is 183 g/mol. The highest BCUT2D eigenvalue weighted by atomic mass is 19.1. The first-order valence-electron chi connectivity index (χ1n) is 4.31. The van der Waals surface area contributed by atoms with Crippen molar-refractivity contribution in [2.24, 2.45) is 16.6 Å². The van der Waals surface area contributed by atoms with Gasteiger partial charge in [-0.3, -0.25) is 4.79 Å². The van der Waals surface area contributed by atoms with Crippen LogP contribution in [0.5, 0.6) is 0 Å². The van der Waals surface area contributed by atoms with Crippen LogP contribution in [0.2, 0.25) is 0 Å². The van der Waals surface area contributed by atoms with E-state index in [1.54, 1.807) is 12.1 Å². The predicted octanol–water partition coefficient (Wildman–Crippen LogP) is -0.659. The van der Waals surface area contributed by atoms with E-state index in [9.17, 15) is 9.18 Å². The number of rotatable bonds is 1. The monoisotopic (exact) mass is 192 g/mol. The maximum absolute atomic E-state index is 12.8. The molecule has 0 radical (unpaired) electrons. The van der Waals surface area contributed by atoms with E-state index in [4.69, 9.17) is 5.73 Å². The van der Waals surface area contributed by atoms with Crippen molar-refractivity contribution in [2.75, 3.05) is 6.54 Å². The van der Waals surface area contributed by atoms with E-state index in [0.717, 1.165) is 5.22 Å². The van der Waals surface area contributed by atoms with Crippen molar-refractivity contribution in [3.8, 4) is 0 Å². The summed E-state index contributed by atoms with van der Waals surface area (Å²) in [6, 6.07) is 4.19. The highest BCUT2D eigenvalue weighted by Crippen LogP contribution is 2.01. The Morgan fingerprint density at radius 2 is 2.29 bits per heavy atom. The Labute approximate surface area is 79.8 Å². The molecular formula is C10H9FN2O. The third-order valence-electron chi connectivity index (χ3n) is 2.18. The average molecular weight is 192 g/mol. The highest BCUT2D eigenvalue weighted by molar-refractivity contribution is 5.86. The third kappa shape index (κ3) is 1.44. The van der Waals surface area contributed by atoms with Crippen molar-refractivity contribution in [3.05, 3.63) is 34.6 Å². The lowest BCUT2D eigenvalue weighted by Gasteiger charge is -2.08. The number of carbonyl (C=O) groups is 1. The molecule has 1 aromatic carbocycles. The van der Waals surface area contributed by atoms with Crippen LogP contribution in [0.15, 0.2) is 23.2 Å². The molecule has 1 aromatic rings. The number of benzene rings is 1. The van der Waals surface area contributed by atoms with Crippen LogP contribution >= 0.6 is 0 Å². The van der Waals surface area contributed by atoms with E-state index in [0.29, 0.717) is 5.36 Å². The Morgan fingerprint density at radius 3 is 3.00 bits per heavy atom. The minimum absolute atomic E-state index is 0.235. The van der Waals surface area contributed by atoms with E-state index < -0.39 is 0 Å². The second kappa shape index (κ2) is 3.31. The molecule has 1 amide bonds. The minimum Gasteiger partial charge on any atom is -0.329 e. The Kier molecular flexibility index (Phi) is 2.13. The van der Waals surface area contributed by atoms with Gasteiger partial charge in [-0.15, -0.1) is 0 Å². The number of carbonyl (C=O) groups excluding carboxylic acids is 1. The van der Waals surface area contributed by atoms with Crippen LogP contribution in [-0.2, 0) is 4.79 Å². The van der Waals surface area contributed by atoms with Crippen LogP contribution in [0.1, 0.15) is 0 Å². The first kappa shape index (κ1) is 9.02. The summed E-state index contributed by atoms with van der Waals surface area (Å²) in [7, 11) is 0. The molecule has 0 aromatic heterocycles. The van der Waals surface area contributed by atoms with Gasteiger partial charge in [0.2, 0.25) is 0 Å². The van der Waals surface area contributed by atoms with Gasteiger partial charge in [0.15, 0.2) is 0 Å². The smallest absolute Gasteiger partial charge is 0.254 e. The fourth-order valence-electron chi connectivity index (χ4n) is 1.41. The molecule has 1 aliphatic rings. The van der Waals surface area contributed by atoms with Crippen molar-refractivity contribution >= 4 is 12.0 Å². The van der Waals surface area contributed by atoms with E-state index in [-0.39, 0.29) is 24.2 Å². The minimum atomic E-state index is -0.389. The number of nitrogens with two attached hydrogens (primary N) is 1. The maximum Gasteiger partial charge on any atom is 0.254 e. The molecule has 0 bridgehead atoms. The van der Waals surface area contributed by atoms with Crippen LogP contribution in [0.3, 0.4) is 0 Å². The van der Waals surface area contributed by atoms with E-state index in [2.05, 4.69) is 4.99 Å². The van der Waals surface area contributed by atoms with Gasteiger partial charge < -0.3 is 5.73 Å². The molecule has 1 heterocycles. The van der Waals surface area contributed by atoms with Crippen LogP contribution in [0.25, 0.3) is 6.08 Å². The van der Waals surface area contributed by atoms with Crippen molar-refractivity contribution in [1.82, 2.24) is 0 Å². The summed E-state index contributed by atoms with van der Waals surface area (Å²) in [5.41, 5.74) is 5.39. The quantitative estimate of drug-likeness (QED) is 0.642. The Hall–Kier alpha value is -1.55. The first-order chi connectivity index (χ1) is 6.70. The van der Waals surface area contributed by atoms with E-state index in [1.165, 1.54) is 12.1 Å². The lowest BCUT2D eigenvalue weighted by molar-refractivity contribution is -0.119. The first-order valence-corrected chi connectivity index (χ1v) is 4.31. The van der Waals surface area contributed by atoms with Gasteiger partial charge >= 0.3 is 0 Å². The molecule has 0 spiro atoms. The topological polar surface area (TPSA) is 55.4 Å². The van der Waals surface area contributed by atoms with Crippen LogP contribution in [0, 0.1) is 11.7 Å². The molecule has 0 aliphatic carbocycles. The normalized spacial score (nSPS) is 19.6. The van der Waals surface area contributed by atoms with Gasteiger partial charge in [-0.05, 0) is 11.3 Å². The summed E-state index contributed by atoms with van der Waals surface area (Å²) in [6.45, 7) is 0.235. The Morgan fingerprint density at radius 1 is 1.50 bits per heavy atom. The standard InChI is InChI=1S/C10H9FN2O/c11-8-2-1-6-3-7(5-12)10(14)13-9(6)4-8/h1-4,7H,5,12H2. The number of fused-ring (bicyclic) bond motifs is 1. The van der Waals surface area contributed by atoms with Crippen LogP contribution in [0.4, 0.5) is 4.39 Å². The molecule has 2 N–H and O–H groups in total. The molecule has 0 saturated heterocycles. The van der Waals surface area contributed by atoms with Crippen molar-refractivity contribution in [1.29, 1.82) is 0 Å². The summed E-state index contributed by atoms with van der Waals surface area (Å²) in [6.07, 6.45) is 1.73. The summed E-state index contributed by atoms with van der Waals surface area (Å²) >= 11 is 0. The zero-order chi connectivity index (χ0) is 10.1. The summed E-state index contributed by atoms with van der Waals surface area (Å²) < 4.78 is 12.8. The molecule has 4 heteroatoms. The zero-order valence-corrected chi connectivity index (χ0v) is 7.40. The molecule has 0 fully saturated rings. The summed E-state index contributed by atoms with van der Waals surface area (Å²) in [5, 5.41) is 1.15. The van der Waals surface area contributed by atoms with Gasteiger partial charge in [-0.2, -0.15) is 0 Å². The van der Waals surface area contributed by atoms with Gasteiger partial charge in [0.05, 0.1) is 11.3 Å². The van der Waals surface area contributed by atoms with E-state index in [1.807, 2.05) is 0 Å². The Bertz CT molecular complexity index is 495. The lowest BCUT2D eigenvalue weighted by atomic mass is 10.0. The van der Waals surface area contributed by atoms with Crippen molar-refractivity contribution < 1.29 is 9.18 Å². The largest absolute Gasteiger partial charge is 0.329 e. The molecule has 14 heavy (non-hydrogen) atoms. The molecule has 1 unspecified atom stereocenters. The Balaban J connectivity index is 2.66. The molecule has 3 nitrogen and oxygen atoms in total. The molecule has 1 aliphatic heterocycles. The second-order valence-corrected chi connectivity index (χ2v) is 3.16. The third-order valence-corrected chi connectivity index (χ3v) is 2.18. The number of amides is 1. The van der Waals surface area contributed by atoms with E-state index >= 15 is 0 Å². The summed E-state index contributed by atoms with van der Waals surface area (Å²) in [4.78, 5) is 15.1. The molecule has 72 valence electrons. The van der Waals surface area contributed by atoms with Crippen molar-refractivity contribution in [2.45, 2.75) is 0 Å². The van der Waals surface area contributed by atoms with Crippen LogP contribution in [-0.4, -0.2) is 12.5 Å². The number of nitrogens with zero attached hydrogens (tertiary/aromatic N) is 1. The fourth-order valence-corrected chi connectivity index (χ4v) is 1.41. The van der Waals surface area contributed by atoms with Crippen LogP contribution < -0.4 is 16.3 Å². The number of hydrogen-bond donors (Lipinski definition) is 1. The average Bonchev–Trinajstić information content (AvgIpc) is 2.16. The van der Waals surface area contributed by atoms with Gasteiger partial charge in [-0.25, -0.2) is 9.38 Å². The zero-order valence-electron chi connectivity index (χ0n) is 7.40. The highest BCUT2D eigenvalue weighted by Gasteiger charge is 2.16. The molecule has 1 atom stereocenters. The lowest BCUT2D eigenvalue weighted by Crippen LogP contribution is -2.36. The van der Waals surface area contributed by atoms with Gasteiger partial charge in [0.25, 0.3) is 5.91 Å². The maximum atomic E-state index is 12.8. The SMILES string of the molecule is NCC1C=c2ccc(F)cc2=NC1=O.